The number of benzene rings is 2. The molecule has 1 unspecified atom stereocenters. The van der Waals surface area contributed by atoms with Gasteiger partial charge in [-0.15, -0.1) is 0 Å². The lowest BCUT2D eigenvalue weighted by molar-refractivity contribution is -0.125. The van der Waals surface area contributed by atoms with Crippen molar-refractivity contribution in [1.29, 1.82) is 0 Å². The molecular weight excluding hydrogens is 356 g/mol. The number of hydrogen-bond acceptors (Lipinski definition) is 2. The largest absolute Gasteiger partial charge is 0.352 e. The summed E-state index contributed by atoms with van der Waals surface area (Å²) in [7, 11) is 0. The molecule has 1 saturated heterocycles. The Balaban J connectivity index is 1.42. The van der Waals surface area contributed by atoms with Crippen LogP contribution >= 0.6 is 0 Å². The highest BCUT2D eigenvalue weighted by atomic mass is 16.2. The van der Waals surface area contributed by atoms with Crippen LogP contribution in [0.25, 0.3) is 0 Å². The van der Waals surface area contributed by atoms with Crippen LogP contribution < -0.4 is 5.32 Å². The zero-order chi connectivity index (χ0) is 20.4. The van der Waals surface area contributed by atoms with Gasteiger partial charge in [0.05, 0.1) is 5.92 Å². The zero-order valence-corrected chi connectivity index (χ0v) is 18.0. The van der Waals surface area contributed by atoms with Crippen molar-refractivity contribution >= 4 is 5.91 Å². The van der Waals surface area contributed by atoms with E-state index in [0.717, 1.165) is 31.6 Å². The number of carbonyl (C=O) groups is 1. The molecule has 3 heteroatoms. The minimum Gasteiger partial charge on any atom is -0.352 e. The van der Waals surface area contributed by atoms with Gasteiger partial charge >= 0.3 is 0 Å². The first-order chi connectivity index (χ1) is 13.9. The van der Waals surface area contributed by atoms with Crippen molar-refractivity contribution in [3.05, 3.63) is 71.8 Å². The van der Waals surface area contributed by atoms with Gasteiger partial charge in [-0.2, -0.15) is 0 Å². The molecule has 1 amide bonds. The van der Waals surface area contributed by atoms with Gasteiger partial charge in [0, 0.05) is 25.7 Å². The van der Waals surface area contributed by atoms with E-state index < -0.39 is 0 Å². The van der Waals surface area contributed by atoms with Crippen LogP contribution in [0.5, 0.6) is 0 Å². The SMILES string of the molecule is CC(C)(C)C(C(=O)N[C@H]1CC[C@@H]2CN(Cc3ccccc3)C[C@@H]21)c1ccccc1. The van der Waals surface area contributed by atoms with Crippen LogP contribution in [0.2, 0.25) is 0 Å². The monoisotopic (exact) mass is 390 g/mol. The van der Waals surface area contributed by atoms with Crippen LogP contribution in [0.3, 0.4) is 0 Å². The third-order valence-electron chi connectivity index (χ3n) is 6.77. The molecule has 0 bridgehead atoms. The average molecular weight is 391 g/mol. The Bertz CT molecular complexity index is 812. The maximum atomic E-state index is 13.4. The summed E-state index contributed by atoms with van der Waals surface area (Å²) >= 11 is 0. The number of likely N-dealkylation sites (tertiary alicyclic amines) is 1. The molecule has 0 spiro atoms. The number of fused-ring (bicyclic) bond motifs is 1. The van der Waals surface area contributed by atoms with E-state index in [1.165, 1.54) is 12.0 Å². The third kappa shape index (κ3) is 4.56. The van der Waals surface area contributed by atoms with Crippen LogP contribution in [0.15, 0.2) is 60.7 Å². The highest BCUT2D eigenvalue weighted by Crippen LogP contribution is 2.40. The molecule has 1 heterocycles. The van der Waals surface area contributed by atoms with Gasteiger partial charge in [-0.05, 0) is 41.2 Å². The first kappa shape index (κ1) is 20.2. The second-order valence-corrected chi connectivity index (χ2v) is 10.0. The molecule has 2 aromatic rings. The van der Waals surface area contributed by atoms with Crippen LogP contribution in [-0.2, 0) is 11.3 Å². The zero-order valence-electron chi connectivity index (χ0n) is 18.0. The van der Waals surface area contributed by atoms with Gasteiger partial charge in [0.2, 0.25) is 5.91 Å². The number of carbonyl (C=O) groups excluding carboxylic acids is 1. The fourth-order valence-corrected chi connectivity index (χ4v) is 5.46. The van der Waals surface area contributed by atoms with Gasteiger partial charge < -0.3 is 5.32 Å². The van der Waals surface area contributed by atoms with Gasteiger partial charge in [0.25, 0.3) is 0 Å². The van der Waals surface area contributed by atoms with Crippen molar-refractivity contribution in [3.8, 4) is 0 Å². The van der Waals surface area contributed by atoms with Crippen LogP contribution in [0.4, 0.5) is 0 Å². The lowest BCUT2D eigenvalue weighted by atomic mass is 9.75. The number of nitrogens with zero attached hydrogens (tertiary/aromatic N) is 1. The van der Waals surface area contributed by atoms with Gasteiger partial charge in [0.1, 0.15) is 0 Å². The van der Waals surface area contributed by atoms with E-state index in [9.17, 15) is 4.79 Å². The minimum atomic E-state index is -0.121. The molecule has 2 aliphatic rings. The second kappa shape index (κ2) is 8.31. The van der Waals surface area contributed by atoms with Crippen LogP contribution in [-0.4, -0.2) is 29.9 Å². The van der Waals surface area contributed by atoms with E-state index >= 15 is 0 Å². The Kier molecular flexibility index (Phi) is 5.78. The Morgan fingerprint density at radius 1 is 1.00 bits per heavy atom. The van der Waals surface area contributed by atoms with Crippen molar-refractivity contribution < 1.29 is 4.79 Å². The summed E-state index contributed by atoms with van der Waals surface area (Å²) in [5.41, 5.74) is 2.38. The van der Waals surface area contributed by atoms with Crippen molar-refractivity contribution in [2.45, 2.75) is 52.1 Å². The fourth-order valence-electron chi connectivity index (χ4n) is 5.46. The molecule has 0 aromatic heterocycles. The Morgan fingerprint density at radius 2 is 1.66 bits per heavy atom. The standard InChI is InChI=1S/C26H34N2O/c1-26(2,3)24(20-12-8-5-9-13-20)25(29)27-23-15-14-21-17-28(18-22(21)23)16-19-10-6-4-7-11-19/h4-13,21-24H,14-18H2,1-3H3,(H,27,29)/t21-,22+,23+,24?/m1/s1. The van der Waals surface area contributed by atoms with Crippen LogP contribution in [0, 0.1) is 17.3 Å². The summed E-state index contributed by atoms with van der Waals surface area (Å²) in [6.45, 7) is 9.77. The Morgan fingerprint density at radius 3 is 2.31 bits per heavy atom. The van der Waals surface area contributed by atoms with E-state index in [4.69, 9.17) is 0 Å². The van der Waals surface area contributed by atoms with Gasteiger partial charge in [0.15, 0.2) is 0 Å². The molecule has 2 aromatic carbocycles. The van der Waals surface area contributed by atoms with Gasteiger partial charge in [-0.3, -0.25) is 9.69 Å². The molecule has 1 saturated carbocycles. The number of amides is 1. The van der Waals surface area contributed by atoms with Gasteiger partial charge in [-0.25, -0.2) is 0 Å². The second-order valence-electron chi connectivity index (χ2n) is 10.0. The number of hydrogen-bond donors (Lipinski definition) is 1. The molecule has 1 aliphatic heterocycles. The molecule has 3 nitrogen and oxygen atoms in total. The maximum absolute atomic E-state index is 13.4. The number of rotatable bonds is 5. The Hall–Kier alpha value is -2.13. The fraction of sp³-hybridized carbons (Fsp3) is 0.500. The quantitative estimate of drug-likeness (QED) is 0.792. The van der Waals surface area contributed by atoms with Crippen molar-refractivity contribution in [3.63, 3.8) is 0 Å². The lowest BCUT2D eigenvalue weighted by Gasteiger charge is -2.32. The third-order valence-corrected chi connectivity index (χ3v) is 6.77. The summed E-state index contributed by atoms with van der Waals surface area (Å²) < 4.78 is 0. The predicted octanol–water partition coefficient (Wildman–Crippen LogP) is 4.84. The Labute approximate surface area is 175 Å². The molecule has 2 fully saturated rings. The summed E-state index contributed by atoms with van der Waals surface area (Å²) in [6.07, 6.45) is 2.35. The van der Waals surface area contributed by atoms with Crippen LogP contribution in [0.1, 0.15) is 50.7 Å². The highest BCUT2D eigenvalue weighted by Gasteiger charge is 2.44. The number of nitrogens with one attached hydrogen (secondary N) is 1. The molecule has 0 radical (unpaired) electrons. The highest BCUT2D eigenvalue weighted by molar-refractivity contribution is 5.84. The molecule has 4 atom stereocenters. The van der Waals surface area contributed by atoms with E-state index in [1.807, 2.05) is 18.2 Å². The molecule has 29 heavy (non-hydrogen) atoms. The van der Waals surface area contributed by atoms with E-state index in [2.05, 4.69) is 73.5 Å². The minimum absolute atomic E-state index is 0.113. The van der Waals surface area contributed by atoms with Crippen molar-refractivity contribution in [2.75, 3.05) is 13.1 Å². The summed E-state index contributed by atoms with van der Waals surface area (Å²) in [4.78, 5) is 16.0. The summed E-state index contributed by atoms with van der Waals surface area (Å²) in [6, 6.07) is 21.3. The topological polar surface area (TPSA) is 32.3 Å². The maximum Gasteiger partial charge on any atom is 0.228 e. The van der Waals surface area contributed by atoms with E-state index in [1.54, 1.807) is 0 Å². The average Bonchev–Trinajstić information content (AvgIpc) is 3.24. The molecule has 4 rings (SSSR count). The first-order valence-electron chi connectivity index (χ1n) is 11.0. The van der Waals surface area contributed by atoms with Gasteiger partial charge in [-0.1, -0.05) is 81.4 Å². The predicted molar refractivity (Wildman–Crippen MR) is 119 cm³/mol. The van der Waals surface area contributed by atoms with Crippen molar-refractivity contribution in [2.24, 2.45) is 17.3 Å². The molecular formula is C26H34N2O. The summed E-state index contributed by atoms with van der Waals surface area (Å²) in [5.74, 6) is 1.37. The smallest absolute Gasteiger partial charge is 0.228 e. The molecule has 154 valence electrons. The van der Waals surface area contributed by atoms with E-state index in [-0.39, 0.29) is 17.2 Å². The lowest BCUT2D eigenvalue weighted by Crippen LogP contribution is -2.44. The molecule has 1 aliphatic carbocycles. The van der Waals surface area contributed by atoms with E-state index in [0.29, 0.717) is 17.9 Å². The summed E-state index contributed by atoms with van der Waals surface area (Å²) in [5, 5.41) is 3.47. The first-order valence-corrected chi connectivity index (χ1v) is 11.0. The van der Waals surface area contributed by atoms with Crippen molar-refractivity contribution in [1.82, 2.24) is 10.2 Å². The normalized spacial score (nSPS) is 25.6. The molecule has 1 N–H and O–H groups in total.